The number of hydrogen-bond acceptors (Lipinski definition) is 9. The Kier molecular flexibility index (Phi) is 7.76. The van der Waals surface area contributed by atoms with E-state index in [1.54, 1.807) is 28.9 Å². The molecule has 2 aliphatic carbocycles. The van der Waals surface area contributed by atoms with E-state index in [2.05, 4.69) is 46.5 Å². The van der Waals surface area contributed by atoms with Crippen molar-refractivity contribution in [2.75, 3.05) is 16.0 Å². The first-order chi connectivity index (χ1) is 20.0. The number of amides is 3. The fourth-order valence-electron chi connectivity index (χ4n) is 4.84. The van der Waals surface area contributed by atoms with E-state index in [0.29, 0.717) is 35.4 Å². The fourth-order valence-corrected chi connectivity index (χ4v) is 5.02. The van der Waals surface area contributed by atoms with Crippen molar-refractivity contribution in [1.82, 2.24) is 40.2 Å². The number of nitrogens with one attached hydrogen (secondary N) is 5. The van der Waals surface area contributed by atoms with Crippen LogP contribution < -0.4 is 26.6 Å². The molecule has 3 amide bonds. The second-order valence-corrected chi connectivity index (χ2v) is 10.7. The minimum atomic E-state index is -0.355. The lowest BCUT2D eigenvalue weighted by molar-refractivity contribution is 0.102. The summed E-state index contributed by atoms with van der Waals surface area (Å²) in [4.78, 5) is 41.9. The van der Waals surface area contributed by atoms with Crippen LogP contribution in [0.25, 0.3) is 5.65 Å². The van der Waals surface area contributed by atoms with Gasteiger partial charge < -0.3 is 26.6 Å². The molecule has 5 N–H and O–H groups in total. The Morgan fingerprint density at radius 3 is 2.46 bits per heavy atom. The summed E-state index contributed by atoms with van der Waals surface area (Å²) in [6.07, 6.45) is 11.7. The maximum absolute atomic E-state index is 13.1. The van der Waals surface area contributed by atoms with Gasteiger partial charge >= 0.3 is 6.03 Å². The lowest BCUT2D eigenvalue weighted by atomic mass is 9.91. The number of imidazole rings is 1. The van der Waals surface area contributed by atoms with Crippen molar-refractivity contribution in [2.24, 2.45) is 0 Å². The molecule has 0 unspecified atom stereocenters. The standard InChI is InChI=1S/C27H30ClN11O2/c28-23-11-19(8-10-30-23)36-26(40)22-14-31-25-21(34-16-1-2-16)12-24(38-39(22)25)35-17-3-5-18(6-4-17)37-27(41)32-13-20-7-9-29-15-33-20/h7-12,14-18,34H,1-6,13H2,(H,35,38)(H,30,36,40)(H2,32,37,41). The van der Waals surface area contributed by atoms with Crippen LogP contribution >= 0.6 is 11.6 Å². The van der Waals surface area contributed by atoms with Crippen LogP contribution in [0, 0.1) is 0 Å². The minimum absolute atomic E-state index is 0.0895. The van der Waals surface area contributed by atoms with Crippen molar-refractivity contribution in [3.63, 3.8) is 0 Å². The zero-order valence-corrected chi connectivity index (χ0v) is 22.9. The monoisotopic (exact) mass is 575 g/mol. The smallest absolute Gasteiger partial charge is 0.315 e. The normalized spacial score (nSPS) is 18.5. The van der Waals surface area contributed by atoms with Gasteiger partial charge in [-0.2, -0.15) is 0 Å². The third-order valence-corrected chi connectivity index (χ3v) is 7.32. The minimum Gasteiger partial charge on any atom is -0.379 e. The van der Waals surface area contributed by atoms with Gasteiger partial charge in [-0.3, -0.25) is 4.79 Å². The highest BCUT2D eigenvalue weighted by atomic mass is 35.5. The molecular weight excluding hydrogens is 546 g/mol. The van der Waals surface area contributed by atoms with Crippen LogP contribution in [0.5, 0.6) is 0 Å². The van der Waals surface area contributed by atoms with Gasteiger partial charge in [0.2, 0.25) is 0 Å². The number of hydrogen-bond donors (Lipinski definition) is 5. The molecule has 4 aromatic heterocycles. The van der Waals surface area contributed by atoms with E-state index in [4.69, 9.17) is 16.7 Å². The molecule has 2 aliphatic rings. The predicted molar refractivity (Wildman–Crippen MR) is 154 cm³/mol. The van der Waals surface area contributed by atoms with Gasteiger partial charge in [-0.05, 0) is 56.7 Å². The van der Waals surface area contributed by atoms with E-state index < -0.39 is 0 Å². The van der Waals surface area contributed by atoms with Crippen LogP contribution in [-0.4, -0.2) is 59.6 Å². The van der Waals surface area contributed by atoms with E-state index in [9.17, 15) is 9.59 Å². The van der Waals surface area contributed by atoms with Crippen molar-refractivity contribution in [3.8, 4) is 0 Å². The van der Waals surface area contributed by atoms with E-state index in [1.165, 1.54) is 18.7 Å². The molecule has 0 bridgehead atoms. The molecule has 13 nitrogen and oxygen atoms in total. The average molecular weight is 576 g/mol. The van der Waals surface area contributed by atoms with Gasteiger partial charge in [0.05, 0.1) is 24.1 Å². The molecule has 4 aromatic rings. The first kappa shape index (κ1) is 26.7. The van der Waals surface area contributed by atoms with Crippen LogP contribution in [0.15, 0.2) is 49.2 Å². The van der Waals surface area contributed by atoms with E-state index in [-0.39, 0.29) is 29.2 Å². The average Bonchev–Trinajstić information content (AvgIpc) is 3.68. The summed E-state index contributed by atoms with van der Waals surface area (Å²) in [5.74, 6) is 0.296. The molecule has 6 rings (SSSR count). The number of nitrogens with zero attached hydrogens (tertiary/aromatic N) is 6. The number of halogens is 1. The second kappa shape index (κ2) is 11.9. The maximum atomic E-state index is 13.1. The van der Waals surface area contributed by atoms with E-state index in [1.807, 2.05) is 6.07 Å². The number of rotatable bonds is 9. The molecular formula is C27H30ClN11O2. The zero-order valence-electron chi connectivity index (χ0n) is 22.2. The summed E-state index contributed by atoms with van der Waals surface area (Å²) in [6.45, 7) is 0.348. The molecule has 0 spiro atoms. The molecule has 0 saturated heterocycles. The highest BCUT2D eigenvalue weighted by Crippen LogP contribution is 2.30. The van der Waals surface area contributed by atoms with Gasteiger partial charge in [-0.1, -0.05) is 11.6 Å². The number of anilines is 3. The first-order valence-corrected chi connectivity index (χ1v) is 14.0. The van der Waals surface area contributed by atoms with Gasteiger partial charge in [0.1, 0.15) is 17.3 Å². The van der Waals surface area contributed by atoms with Crippen molar-refractivity contribution in [3.05, 3.63) is 65.7 Å². The van der Waals surface area contributed by atoms with Crippen molar-refractivity contribution < 1.29 is 9.59 Å². The zero-order chi connectivity index (χ0) is 28.2. The van der Waals surface area contributed by atoms with Gasteiger partial charge in [0, 0.05) is 42.3 Å². The van der Waals surface area contributed by atoms with Crippen LogP contribution in [0.1, 0.15) is 54.7 Å². The topological polar surface area (TPSA) is 163 Å². The van der Waals surface area contributed by atoms with Crippen molar-refractivity contribution in [1.29, 1.82) is 0 Å². The first-order valence-electron chi connectivity index (χ1n) is 13.6. The Morgan fingerprint density at radius 1 is 0.927 bits per heavy atom. The van der Waals surface area contributed by atoms with Crippen LogP contribution in [0.4, 0.5) is 22.0 Å². The van der Waals surface area contributed by atoms with Crippen LogP contribution in [0.3, 0.4) is 0 Å². The SMILES string of the molecule is O=C(NCc1ccncn1)NC1CCC(Nc2cc(NC3CC3)c3ncc(C(=O)Nc4ccnc(Cl)c4)n3n2)CC1. The molecule has 0 radical (unpaired) electrons. The lowest BCUT2D eigenvalue weighted by Gasteiger charge is -2.30. The Morgan fingerprint density at radius 2 is 1.71 bits per heavy atom. The quantitative estimate of drug-likeness (QED) is 0.187. The van der Waals surface area contributed by atoms with E-state index >= 15 is 0 Å². The van der Waals surface area contributed by atoms with Crippen LogP contribution in [0.2, 0.25) is 5.15 Å². The molecule has 0 aliphatic heterocycles. The third-order valence-electron chi connectivity index (χ3n) is 7.11. The Balaban J connectivity index is 1.10. The molecule has 4 heterocycles. The van der Waals surface area contributed by atoms with Crippen molar-refractivity contribution in [2.45, 2.75) is 63.2 Å². The summed E-state index contributed by atoms with van der Waals surface area (Å²) in [5, 5.41) is 20.8. The van der Waals surface area contributed by atoms with E-state index in [0.717, 1.165) is 49.9 Å². The van der Waals surface area contributed by atoms with Gasteiger partial charge in [-0.25, -0.2) is 29.2 Å². The number of aromatic nitrogens is 6. The lowest BCUT2D eigenvalue weighted by Crippen LogP contribution is -2.44. The summed E-state index contributed by atoms with van der Waals surface area (Å²) in [5.41, 5.74) is 3.00. The highest BCUT2D eigenvalue weighted by Gasteiger charge is 2.26. The second-order valence-electron chi connectivity index (χ2n) is 10.3. The molecule has 14 heteroatoms. The largest absolute Gasteiger partial charge is 0.379 e. The Hall–Kier alpha value is -4.52. The Labute approximate surface area is 240 Å². The number of carbonyl (C=O) groups excluding carboxylic acids is 2. The summed E-state index contributed by atoms with van der Waals surface area (Å²) < 4.78 is 1.57. The number of urea groups is 1. The summed E-state index contributed by atoms with van der Waals surface area (Å²) >= 11 is 5.97. The van der Waals surface area contributed by atoms with Gasteiger partial charge in [0.15, 0.2) is 11.3 Å². The van der Waals surface area contributed by atoms with Crippen molar-refractivity contribution >= 4 is 46.4 Å². The summed E-state index contributed by atoms with van der Waals surface area (Å²) in [6, 6.07) is 7.42. The van der Waals surface area contributed by atoms with Gasteiger partial charge in [-0.15, -0.1) is 5.10 Å². The molecule has 0 aromatic carbocycles. The summed E-state index contributed by atoms with van der Waals surface area (Å²) in [7, 11) is 0. The molecule has 2 saturated carbocycles. The number of carbonyl (C=O) groups is 2. The molecule has 0 atom stereocenters. The number of fused-ring (bicyclic) bond motifs is 1. The Bertz CT molecular complexity index is 1540. The fraction of sp³-hybridized carbons (Fsp3) is 0.370. The number of pyridine rings is 1. The molecule has 2 fully saturated rings. The van der Waals surface area contributed by atoms with Gasteiger partial charge in [0.25, 0.3) is 5.91 Å². The highest BCUT2D eigenvalue weighted by molar-refractivity contribution is 6.29. The third kappa shape index (κ3) is 6.80. The predicted octanol–water partition coefficient (Wildman–Crippen LogP) is 3.62. The molecule has 212 valence electrons. The maximum Gasteiger partial charge on any atom is 0.315 e. The molecule has 41 heavy (non-hydrogen) atoms. The van der Waals surface area contributed by atoms with Crippen LogP contribution in [-0.2, 0) is 6.54 Å².